The highest BCUT2D eigenvalue weighted by Crippen LogP contribution is 2.34. The van der Waals surface area contributed by atoms with Crippen LogP contribution in [0.25, 0.3) is 0 Å². The summed E-state index contributed by atoms with van der Waals surface area (Å²) in [6.07, 6.45) is 3.81. The van der Waals surface area contributed by atoms with Crippen LogP contribution in [0.3, 0.4) is 0 Å². The first-order valence-electron chi connectivity index (χ1n) is 8.33. The minimum Gasteiger partial charge on any atom is -0.368 e. The van der Waals surface area contributed by atoms with Gasteiger partial charge in [-0.2, -0.15) is 0 Å². The van der Waals surface area contributed by atoms with Crippen LogP contribution in [0, 0.1) is 17.7 Å². The van der Waals surface area contributed by atoms with Crippen molar-refractivity contribution in [3.05, 3.63) is 29.6 Å². The van der Waals surface area contributed by atoms with Crippen molar-refractivity contribution < 1.29 is 4.39 Å². The van der Waals surface area contributed by atoms with E-state index in [4.69, 9.17) is 0 Å². The number of nitrogens with one attached hydrogen (secondary N) is 1. The Hall–Kier alpha value is -1.09. The van der Waals surface area contributed by atoms with Crippen LogP contribution in [0.2, 0.25) is 0 Å². The molecule has 1 aliphatic carbocycles. The molecule has 3 rings (SSSR count). The lowest BCUT2D eigenvalue weighted by molar-refractivity contribution is 0.296. The van der Waals surface area contributed by atoms with Gasteiger partial charge in [0.2, 0.25) is 0 Å². The Morgan fingerprint density at radius 1 is 1.24 bits per heavy atom. The van der Waals surface area contributed by atoms with Gasteiger partial charge < -0.3 is 10.2 Å². The van der Waals surface area contributed by atoms with E-state index in [0.717, 1.165) is 18.7 Å². The maximum atomic E-state index is 13.7. The third kappa shape index (κ3) is 3.39. The largest absolute Gasteiger partial charge is 0.368 e. The lowest BCUT2D eigenvalue weighted by Gasteiger charge is -2.43. The molecule has 0 aromatic heterocycles. The highest BCUT2D eigenvalue weighted by Gasteiger charge is 2.30. The fourth-order valence-corrected chi connectivity index (χ4v) is 3.55. The first kappa shape index (κ1) is 14.8. The van der Waals surface area contributed by atoms with E-state index in [2.05, 4.69) is 31.0 Å². The second-order valence-corrected chi connectivity index (χ2v) is 7.14. The Bertz CT molecular complexity index is 498. The van der Waals surface area contributed by atoms with Crippen LogP contribution in [-0.2, 0) is 6.54 Å². The summed E-state index contributed by atoms with van der Waals surface area (Å²) in [4.78, 5) is 2.49. The molecule has 0 bridgehead atoms. The van der Waals surface area contributed by atoms with Gasteiger partial charge in [-0.05, 0) is 61.8 Å². The number of benzene rings is 1. The number of hydrogen-bond acceptors (Lipinski definition) is 2. The van der Waals surface area contributed by atoms with Crippen molar-refractivity contribution in [1.29, 1.82) is 0 Å². The summed E-state index contributed by atoms with van der Waals surface area (Å²) in [7, 11) is 0. The van der Waals surface area contributed by atoms with Gasteiger partial charge in [-0.15, -0.1) is 0 Å². The molecule has 21 heavy (non-hydrogen) atoms. The highest BCUT2D eigenvalue weighted by molar-refractivity contribution is 5.55. The minimum absolute atomic E-state index is 0.128. The Labute approximate surface area is 127 Å². The van der Waals surface area contributed by atoms with Gasteiger partial charge >= 0.3 is 0 Å². The molecule has 116 valence electrons. The van der Waals surface area contributed by atoms with Gasteiger partial charge in [-0.25, -0.2) is 4.39 Å². The van der Waals surface area contributed by atoms with E-state index >= 15 is 0 Å². The van der Waals surface area contributed by atoms with E-state index < -0.39 is 0 Å². The molecule has 1 aliphatic heterocycles. The molecule has 1 aromatic carbocycles. The molecule has 3 unspecified atom stereocenters. The molecule has 0 spiro atoms. The average Bonchev–Trinajstić information content (AvgIpc) is 3.25. The van der Waals surface area contributed by atoms with Gasteiger partial charge in [0, 0.05) is 30.9 Å². The normalized spacial score (nSPS) is 29.7. The maximum absolute atomic E-state index is 13.7. The molecule has 1 saturated heterocycles. The zero-order valence-corrected chi connectivity index (χ0v) is 13.4. The van der Waals surface area contributed by atoms with E-state index in [1.165, 1.54) is 24.9 Å². The SMILES string of the molecule is CC1CC(C)C(C)N(c2ccc(F)cc2CNC2CC2)C1. The fraction of sp³-hybridized carbons (Fsp3) is 0.667. The summed E-state index contributed by atoms with van der Waals surface area (Å²) in [6, 6.07) is 6.46. The predicted octanol–water partition coefficient (Wildman–Crippen LogP) is 3.95. The molecule has 1 aromatic rings. The van der Waals surface area contributed by atoms with Crippen molar-refractivity contribution in [2.24, 2.45) is 11.8 Å². The Kier molecular flexibility index (Phi) is 4.21. The molecule has 3 atom stereocenters. The number of anilines is 1. The standard InChI is InChI=1S/C18H27FN2/c1-12-8-13(2)14(3)21(11-12)18-7-4-16(19)9-15(18)10-20-17-5-6-17/h4,7,9,12-14,17,20H,5-6,8,10-11H2,1-3H3. The monoisotopic (exact) mass is 290 g/mol. The molecule has 1 saturated carbocycles. The third-order valence-corrected chi connectivity index (χ3v) is 5.11. The zero-order valence-electron chi connectivity index (χ0n) is 13.4. The number of rotatable bonds is 4. The van der Waals surface area contributed by atoms with Crippen molar-refractivity contribution in [2.75, 3.05) is 11.4 Å². The molecule has 2 nitrogen and oxygen atoms in total. The topological polar surface area (TPSA) is 15.3 Å². The van der Waals surface area contributed by atoms with Gasteiger partial charge in [-0.3, -0.25) is 0 Å². The summed E-state index contributed by atoms with van der Waals surface area (Å²) in [5.41, 5.74) is 2.32. The Morgan fingerprint density at radius 3 is 2.71 bits per heavy atom. The van der Waals surface area contributed by atoms with Crippen LogP contribution in [0.15, 0.2) is 18.2 Å². The van der Waals surface area contributed by atoms with E-state index in [1.807, 2.05) is 6.07 Å². The van der Waals surface area contributed by atoms with E-state index in [1.54, 1.807) is 12.1 Å². The first-order chi connectivity index (χ1) is 10.0. The summed E-state index contributed by atoms with van der Waals surface area (Å²) < 4.78 is 13.7. The van der Waals surface area contributed by atoms with Crippen LogP contribution in [0.5, 0.6) is 0 Å². The predicted molar refractivity (Wildman–Crippen MR) is 86.0 cm³/mol. The van der Waals surface area contributed by atoms with Gasteiger partial charge in [0.25, 0.3) is 0 Å². The summed E-state index contributed by atoms with van der Waals surface area (Å²) in [5, 5.41) is 3.52. The number of hydrogen-bond donors (Lipinski definition) is 1. The minimum atomic E-state index is -0.128. The zero-order chi connectivity index (χ0) is 15.0. The Morgan fingerprint density at radius 2 is 2.00 bits per heavy atom. The lowest BCUT2D eigenvalue weighted by atomic mass is 9.85. The molecule has 3 heteroatoms. The van der Waals surface area contributed by atoms with Crippen molar-refractivity contribution in [3.8, 4) is 0 Å². The van der Waals surface area contributed by atoms with Gasteiger partial charge in [0.1, 0.15) is 5.82 Å². The number of halogens is 1. The summed E-state index contributed by atoms with van der Waals surface area (Å²) >= 11 is 0. The Balaban J connectivity index is 1.84. The average molecular weight is 290 g/mol. The smallest absolute Gasteiger partial charge is 0.123 e. The lowest BCUT2D eigenvalue weighted by Crippen LogP contribution is -2.46. The molecular formula is C18H27FN2. The summed E-state index contributed by atoms with van der Waals surface area (Å²) in [6.45, 7) is 8.81. The summed E-state index contributed by atoms with van der Waals surface area (Å²) in [5.74, 6) is 1.26. The first-order valence-corrected chi connectivity index (χ1v) is 8.33. The fourth-order valence-electron chi connectivity index (χ4n) is 3.55. The molecule has 2 fully saturated rings. The van der Waals surface area contributed by atoms with E-state index in [-0.39, 0.29) is 5.82 Å². The van der Waals surface area contributed by atoms with Crippen LogP contribution in [0.4, 0.5) is 10.1 Å². The number of piperidine rings is 1. The van der Waals surface area contributed by atoms with Crippen LogP contribution >= 0.6 is 0 Å². The quantitative estimate of drug-likeness (QED) is 0.903. The van der Waals surface area contributed by atoms with Crippen molar-refractivity contribution in [1.82, 2.24) is 5.32 Å². The second kappa shape index (κ2) is 5.96. The highest BCUT2D eigenvalue weighted by atomic mass is 19.1. The van der Waals surface area contributed by atoms with Crippen LogP contribution in [-0.4, -0.2) is 18.6 Å². The molecule has 1 N–H and O–H groups in total. The van der Waals surface area contributed by atoms with Crippen LogP contribution in [0.1, 0.15) is 45.6 Å². The molecule has 1 heterocycles. The maximum Gasteiger partial charge on any atom is 0.123 e. The van der Waals surface area contributed by atoms with E-state index in [9.17, 15) is 4.39 Å². The van der Waals surface area contributed by atoms with Crippen molar-refractivity contribution in [2.45, 2.75) is 58.7 Å². The molecular weight excluding hydrogens is 263 g/mol. The number of nitrogens with zero attached hydrogens (tertiary/aromatic N) is 1. The van der Waals surface area contributed by atoms with Gasteiger partial charge in [-0.1, -0.05) is 13.8 Å². The molecule has 2 aliphatic rings. The van der Waals surface area contributed by atoms with Crippen molar-refractivity contribution in [3.63, 3.8) is 0 Å². The van der Waals surface area contributed by atoms with Crippen molar-refractivity contribution >= 4 is 5.69 Å². The molecule has 0 amide bonds. The second-order valence-electron chi connectivity index (χ2n) is 7.14. The van der Waals surface area contributed by atoms with Gasteiger partial charge in [0.05, 0.1) is 0 Å². The van der Waals surface area contributed by atoms with Gasteiger partial charge in [0.15, 0.2) is 0 Å². The molecule has 0 radical (unpaired) electrons. The van der Waals surface area contributed by atoms with E-state index in [0.29, 0.717) is 23.9 Å². The third-order valence-electron chi connectivity index (χ3n) is 5.11. The van der Waals surface area contributed by atoms with Crippen LogP contribution < -0.4 is 10.2 Å².